The van der Waals surface area contributed by atoms with E-state index < -0.39 is 10.0 Å². The van der Waals surface area contributed by atoms with E-state index in [9.17, 15) is 13.2 Å². The van der Waals surface area contributed by atoms with Crippen LogP contribution in [0, 0.1) is 6.92 Å². The van der Waals surface area contributed by atoms with E-state index in [4.69, 9.17) is 27.9 Å². The number of hydrogen-bond donors (Lipinski definition) is 2. The number of rotatable bonds is 11. The average molecular weight is 579 g/mol. The summed E-state index contributed by atoms with van der Waals surface area (Å²) in [6.07, 6.45) is 2.49. The van der Waals surface area contributed by atoms with Crippen LogP contribution in [0.25, 0.3) is 16.9 Å². The molecule has 4 rings (SSSR count). The molecule has 9 nitrogen and oxygen atoms in total. The van der Waals surface area contributed by atoms with Crippen LogP contribution in [0.4, 0.5) is 0 Å². The number of benzene rings is 2. The zero-order valence-corrected chi connectivity index (χ0v) is 23.7. The fraction of sp³-hybridized carbons (Fsp3) is 0.346. The Hall–Kier alpha value is -2.92. The van der Waals surface area contributed by atoms with Gasteiger partial charge in [-0.25, -0.2) is 22.6 Å². The van der Waals surface area contributed by atoms with Crippen molar-refractivity contribution in [2.24, 2.45) is 0 Å². The highest BCUT2D eigenvalue weighted by atomic mass is 35.5. The minimum absolute atomic E-state index is 0.0186. The van der Waals surface area contributed by atoms with Crippen LogP contribution in [0.3, 0.4) is 0 Å². The Morgan fingerprint density at radius 2 is 1.84 bits per heavy atom. The standard InChI is InChI=1S/C26H29Cl2N5O4S/c1-4-8-23-30-16(3)24-26(34)31-25(32-33(23)24)19-15-17(12-13-22(19)37-5-2)38(35,36)29-14-7-9-18-20(27)10-6-11-21(18)28/h6,10-13,15,29H,4-5,7-9,14H2,1-3H3,(H,31,32,34). The molecule has 202 valence electrons. The summed E-state index contributed by atoms with van der Waals surface area (Å²) in [5.74, 6) is 1.25. The monoisotopic (exact) mass is 577 g/mol. The lowest BCUT2D eigenvalue weighted by Crippen LogP contribution is -2.25. The first-order valence-electron chi connectivity index (χ1n) is 12.3. The summed E-state index contributed by atoms with van der Waals surface area (Å²) < 4.78 is 36.2. The molecule has 2 aromatic carbocycles. The van der Waals surface area contributed by atoms with Gasteiger partial charge < -0.3 is 9.72 Å². The van der Waals surface area contributed by atoms with Crippen molar-refractivity contribution < 1.29 is 13.2 Å². The SMILES string of the molecule is CCCc1nc(C)c2c(=O)[nH]c(-c3cc(S(=O)(=O)NCCCc4c(Cl)cccc4Cl)ccc3OCC)nn12. The molecule has 0 saturated carbocycles. The Morgan fingerprint density at radius 1 is 1.11 bits per heavy atom. The summed E-state index contributed by atoms with van der Waals surface area (Å²) in [6, 6.07) is 9.74. The summed E-state index contributed by atoms with van der Waals surface area (Å²) in [5.41, 5.74) is 1.71. The smallest absolute Gasteiger partial charge is 0.277 e. The number of halogens is 2. The molecule has 12 heteroatoms. The Labute approximate surface area is 231 Å². The highest BCUT2D eigenvalue weighted by Crippen LogP contribution is 2.30. The summed E-state index contributed by atoms with van der Waals surface area (Å²) in [6.45, 7) is 6.12. The maximum absolute atomic E-state index is 13.1. The van der Waals surface area contributed by atoms with E-state index in [1.54, 1.807) is 31.2 Å². The lowest BCUT2D eigenvalue weighted by molar-refractivity contribution is 0.341. The maximum atomic E-state index is 13.1. The van der Waals surface area contributed by atoms with Gasteiger partial charge in [0, 0.05) is 23.0 Å². The summed E-state index contributed by atoms with van der Waals surface area (Å²) >= 11 is 12.4. The molecule has 0 saturated heterocycles. The van der Waals surface area contributed by atoms with Crippen LogP contribution < -0.4 is 15.0 Å². The molecule has 0 fully saturated rings. The molecular formula is C26H29Cl2N5O4S. The van der Waals surface area contributed by atoms with E-state index in [1.807, 2.05) is 13.8 Å². The van der Waals surface area contributed by atoms with Gasteiger partial charge in [-0.2, -0.15) is 0 Å². The van der Waals surface area contributed by atoms with Gasteiger partial charge in [-0.15, -0.1) is 5.10 Å². The number of H-pyrrole nitrogens is 1. The third kappa shape index (κ3) is 5.88. The third-order valence-corrected chi connectivity index (χ3v) is 8.16. The number of nitrogens with one attached hydrogen (secondary N) is 2. The predicted molar refractivity (Wildman–Crippen MR) is 149 cm³/mol. The van der Waals surface area contributed by atoms with E-state index >= 15 is 0 Å². The average Bonchev–Trinajstić information content (AvgIpc) is 3.19. The van der Waals surface area contributed by atoms with E-state index in [2.05, 4.69) is 19.8 Å². The van der Waals surface area contributed by atoms with Gasteiger partial charge >= 0.3 is 0 Å². The van der Waals surface area contributed by atoms with Gasteiger partial charge in [0.25, 0.3) is 5.56 Å². The summed E-state index contributed by atoms with van der Waals surface area (Å²) in [5, 5.41) is 5.71. The van der Waals surface area contributed by atoms with Crippen LogP contribution in [-0.2, 0) is 22.9 Å². The molecule has 4 aromatic rings. The minimum atomic E-state index is -3.87. The van der Waals surface area contributed by atoms with Crippen LogP contribution in [-0.4, -0.2) is 41.2 Å². The van der Waals surface area contributed by atoms with E-state index in [0.717, 1.165) is 12.0 Å². The Kier molecular flexibility index (Phi) is 8.77. The zero-order chi connectivity index (χ0) is 27.4. The van der Waals surface area contributed by atoms with Crippen LogP contribution in [0.2, 0.25) is 10.0 Å². The van der Waals surface area contributed by atoms with Gasteiger partial charge in [0.05, 0.1) is 22.8 Å². The lowest BCUT2D eigenvalue weighted by Gasteiger charge is -2.13. The first kappa shape index (κ1) is 28.1. The zero-order valence-electron chi connectivity index (χ0n) is 21.3. The fourth-order valence-corrected chi connectivity index (χ4v) is 5.90. The number of sulfonamides is 1. The first-order valence-corrected chi connectivity index (χ1v) is 14.6. The molecule has 0 atom stereocenters. The van der Waals surface area contributed by atoms with Crippen molar-refractivity contribution in [3.8, 4) is 17.1 Å². The van der Waals surface area contributed by atoms with Gasteiger partial charge in [-0.1, -0.05) is 36.2 Å². The van der Waals surface area contributed by atoms with Crippen molar-refractivity contribution in [2.75, 3.05) is 13.2 Å². The number of fused-ring (bicyclic) bond motifs is 1. The van der Waals surface area contributed by atoms with Crippen LogP contribution in [0.1, 0.15) is 43.8 Å². The van der Waals surface area contributed by atoms with Gasteiger partial charge in [0.2, 0.25) is 10.0 Å². The van der Waals surface area contributed by atoms with E-state index in [0.29, 0.717) is 64.3 Å². The molecule has 0 aliphatic carbocycles. The quantitative estimate of drug-likeness (QED) is 0.243. The van der Waals surface area contributed by atoms with Crippen LogP contribution in [0.15, 0.2) is 46.1 Å². The van der Waals surface area contributed by atoms with Gasteiger partial charge in [-0.05, 0) is 69.0 Å². The molecule has 0 radical (unpaired) electrons. The van der Waals surface area contributed by atoms with Crippen LogP contribution >= 0.6 is 23.2 Å². The minimum Gasteiger partial charge on any atom is -0.493 e. The number of nitrogens with zero attached hydrogens (tertiary/aromatic N) is 3. The Morgan fingerprint density at radius 3 is 2.53 bits per heavy atom. The van der Waals surface area contributed by atoms with Crippen LogP contribution in [0.5, 0.6) is 5.75 Å². The molecule has 0 unspecified atom stereocenters. The third-order valence-electron chi connectivity index (χ3n) is 5.99. The molecule has 2 heterocycles. The molecule has 2 aromatic heterocycles. The number of aromatic nitrogens is 4. The van der Waals surface area contributed by atoms with Gasteiger partial charge in [-0.3, -0.25) is 4.79 Å². The number of imidazole rings is 1. The molecule has 0 aliphatic heterocycles. The highest BCUT2D eigenvalue weighted by molar-refractivity contribution is 7.89. The second kappa shape index (κ2) is 11.9. The van der Waals surface area contributed by atoms with Crippen molar-refractivity contribution in [2.45, 2.75) is 51.3 Å². The second-order valence-corrected chi connectivity index (χ2v) is 11.3. The number of hydrogen-bond acceptors (Lipinski definition) is 6. The highest BCUT2D eigenvalue weighted by Gasteiger charge is 2.21. The van der Waals surface area contributed by atoms with Crippen molar-refractivity contribution in [1.82, 2.24) is 24.3 Å². The largest absolute Gasteiger partial charge is 0.493 e. The normalized spacial score (nSPS) is 11.8. The topological polar surface area (TPSA) is 118 Å². The molecular weight excluding hydrogens is 549 g/mol. The number of aryl methyl sites for hydroxylation is 2. The summed E-state index contributed by atoms with van der Waals surface area (Å²) in [4.78, 5) is 20.2. The molecule has 0 spiro atoms. The maximum Gasteiger partial charge on any atom is 0.277 e. The fourth-order valence-electron chi connectivity index (χ4n) is 4.21. The molecule has 0 aliphatic rings. The van der Waals surface area contributed by atoms with Crippen molar-refractivity contribution in [1.29, 1.82) is 0 Å². The predicted octanol–water partition coefficient (Wildman–Crippen LogP) is 4.96. The Balaban J connectivity index is 1.64. The Bertz CT molecular complexity index is 1610. The van der Waals surface area contributed by atoms with Gasteiger partial charge in [0.1, 0.15) is 11.6 Å². The van der Waals surface area contributed by atoms with Crippen molar-refractivity contribution in [3.63, 3.8) is 0 Å². The second-order valence-electron chi connectivity index (χ2n) is 8.72. The van der Waals surface area contributed by atoms with Gasteiger partial charge in [0.15, 0.2) is 11.3 Å². The van der Waals surface area contributed by atoms with E-state index in [1.165, 1.54) is 16.6 Å². The lowest BCUT2D eigenvalue weighted by atomic mass is 10.1. The van der Waals surface area contributed by atoms with Crippen molar-refractivity contribution >= 4 is 38.7 Å². The molecule has 2 N–H and O–H groups in total. The molecule has 38 heavy (non-hydrogen) atoms. The first-order chi connectivity index (χ1) is 18.2. The number of aromatic amines is 1. The number of ether oxygens (including phenoxy) is 1. The molecule has 0 amide bonds. The molecule has 0 bridgehead atoms. The van der Waals surface area contributed by atoms with Crippen molar-refractivity contribution in [3.05, 3.63) is 73.9 Å². The van der Waals surface area contributed by atoms with E-state index in [-0.39, 0.29) is 22.8 Å². The summed E-state index contributed by atoms with van der Waals surface area (Å²) in [7, 11) is -3.87.